The summed E-state index contributed by atoms with van der Waals surface area (Å²) in [6.07, 6.45) is 0. The molecule has 0 aliphatic heterocycles. The maximum atomic E-state index is 12.6. The van der Waals surface area contributed by atoms with Gasteiger partial charge in [0, 0.05) is 17.4 Å². The molecule has 0 aliphatic carbocycles. The molecule has 5 nitrogen and oxygen atoms in total. The summed E-state index contributed by atoms with van der Waals surface area (Å²) in [5.74, 6) is -1.17. The van der Waals surface area contributed by atoms with Crippen LogP contribution in [0.3, 0.4) is 0 Å². The van der Waals surface area contributed by atoms with Crippen LogP contribution in [0, 0.1) is 0 Å². The average Bonchev–Trinajstić information content (AvgIpc) is 2.15. The van der Waals surface area contributed by atoms with Gasteiger partial charge in [-0.1, -0.05) is 0 Å². The van der Waals surface area contributed by atoms with Crippen molar-refractivity contribution in [1.29, 1.82) is 0 Å². The first kappa shape index (κ1) is 15.9. The molecule has 0 aromatic carbocycles. The fraction of sp³-hybridized carbons (Fsp3) is 0.833. The van der Waals surface area contributed by atoms with E-state index in [0.29, 0.717) is 11.6 Å². The van der Waals surface area contributed by atoms with E-state index in [1.165, 1.54) is 11.8 Å². The minimum absolute atomic E-state index is 0.208. The maximum absolute atomic E-state index is 12.6. The molecule has 10 heteroatoms. The minimum atomic E-state index is -5.78. The highest BCUT2D eigenvalue weighted by molar-refractivity contribution is 7.99. The smallest absolute Gasteiger partial charge is 0.459 e. The Morgan fingerprint density at radius 2 is 2.00 bits per heavy atom. The standard InChI is InChI=1S/C6H9ClF2O5S2/c7-1-3-15-4-2-14-5(10)6(8,9)16(11,12)13/h1-4H2,(H,11,12,13). The van der Waals surface area contributed by atoms with Gasteiger partial charge in [-0.2, -0.15) is 29.0 Å². The first-order chi connectivity index (χ1) is 7.23. The zero-order valence-corrected chi connectivity index (χ0v) is 10.2. The first-order valence-electron chi connectivity index (χ1n) is 3.89. The normalized spacial score (nSPS) is 12.5. The average molecular weight is 299 g/mol. The Bertz CT molecular complexity index is 332. The van der Waals surface area contributed by atoms with Gasteiger partial charge in [-0.3, -0.25) is 4.55 Å². The van der Waals surface area contributed by atoms with Gasteiger partial charge in [0.1, 0.15) is 6.61 Å². The number of esters is 1. The zero-order valence-electron chi connectivity index (χ0n) is 7.86. The number of halogens is 3. The van der Waals surface area contributed by atoms with Crippen molar-refractivity contribution < 1.29 is 31.3 Å². The molecule has 0 aliphatic rings. The highest BCUT2D eigenvalue weighted by Crippen LogP contribution is 2.22. The predicted octanol–water partition coefficient (Wildman–Crippen LogP) is 0.982. The molecule has 0 saturated heterocycles. The summed E-state index contributed by atoms with van der Waals surface area (Å²) in [7, 11) is -5.78. The van der Waals surface area contributed by atoms with Gasteiger partial charge in [0.05, 0.1) is 0 Å². The summed E-state index contributed by atoms with van der Waals surface area (Å²) in [5, 5.41) is -4.93. The van der Waals surface area contributed by atoms with Crippen molar-refractivity contribution in [3.8, 4) is 0 Å². The van der Waals surface area contributed by atoms with Gasteiger partial charge in [-0.05, 0) is 0 Å². The molecule has 1 N–H and O–H groups in total. The highest BCUT2D eigenvalue weighted by atomic mass is 35.5. The topological polar surface area (TPSA) is 80.7 Å². The van der Waals surface area contributed by atoms with E-state index in [9.17, 15) is 22.0 Å². The molecular formula is C6H9ClF2O5S2. The van der Waals surface area contributed by atoms with Crippen molar-refractivity contribution in [2.75, 3.05) is 24.0 Å². The van der Waals surface area contributed by atoms with Crippen LogP contribution < -0.4 is 0 Å². The SMILES string of the molecule is O=C(OCCSCCCl)C(F)(F)S(=O)(=O)O. The van der Waals surface area contributed by atoms with Crippen LogP contribution in [0.1, 0.15) is 0 Å². The van der Waals surface area contributed by atoms with Crippen LogP contribution in [0.25, 0.3) is 0 Å². The second-order valence-electron chi connectivity index (χ2n) is 2.43. The van der Waals surface area contributed by atoms with Crippen molar-refractivity contribution in [3.63, 3.8) is 0 Å². The summed E-state index contributed by atoms with van der Waals surface area (Å²) >= 11 is 6.56. The maximum Gasteiger partial charge on any atom is 0.465 e. The highest BCUT2D eigenvalue weighted by Gasteiger charge is 2.54. The van der Waals surface area contributed by atoms with Crippen molar-refractivity contribution >= 4 is 39.5 Å². The number of rotatable bonds is 7. The zero-order chi connectivity index (χ0) is 12.8. The predicted molar refractivity (Wildman–Crippen MR) is 55.5 cm³/mol. The molecule has 0 unspecified atom stereocenters. The fourth-order valence-corrected chi connectivity index (χ4v) is 1.65. The molecule has 0 heterocycles. The molecule has 16 heavy (non-hydrogen) atoms. The summed E-state index contributed by atoms with van der Waals surface area (Å²) in [6, 6.07) is 0. The van der Waals surface area contributed by atoms with Gasteiger partial charge in [-0.15, -0.1) is 11.6 Å². The van der Waals surface area contributed by atoms with Crippen LogP contribution >= 0.6 is 23.4 Å². The monoisotopic (exact) mass is 298 g/mol. The number of ether oxygens (including phenoxy) is 1. The quantitative estimate of drug-likeness (QED) is 0.327. The molecule has 0 amide bonds. The Morgan fingerprint density at radius 3 is 2.44 bits per heavy atom. The van der Waals surface area contributed by atoms with E-state index in [4.69, 9.17) is 16.2 Å². The van der Waals surface area contributed by atoms with Gasteiger partial charge < -0.3 is 4.74 Å². The largest absolute Gasteiger partial charge is 0.465 e. The first-order valence-corrected chi connectivity index (χ1v) is 7.02. The van der Waals surface area contributed by atoms with Crippen LogP contribution in [0.15, 0.2) is 0 Å². The van der Waals surface area contributed by atoms with E-state index in [2.05, 4.69) is 4.74 Å². The third-order valence-corrected chi connectivity index (χ3v) is 3.42. The molecule has 0 fully saturated rings. The Labute approximate surface area is 100 Å². The number of hydrogen-bond acceptors (Lipinski definition) is 5. The third-order valence-electron chi connectivity index (χ3n) is 1.24. The van der Waals surface area contributed by atoms with Crippen LogP contribution in [0.5, 0.6) is 0 Å². The Morgan fingerprint density at radius 1 is 1.44 bits per heavy atom. The molecule has 0 rings (SSSR count). The van der Waals surface area contributed by atoms with Crippen molar-refractivity contribution in [1.82, 2.24) is 0 Å². The molecule has 0 aromatic rings. The molecule has 0 aromatic heterocycles. The van der Waals surface area contributed by atoms with E-state index in [1.807, 2.05) is 0 Å². The second-order valence-corrected chi connectivity index (χ2v) is 5.49. The second kappa shape index (κ2) is 6.58. The van der Waals surface area contributed by atoms with Crippen molar-refractivity contribution in [2.24, 2.45) is 0 Å². The lowest BCUT2D eigenvalue weighted by Crippen LogP contribution is -2.39. The number of hydrogen-bond donors (Lipinski definition) is 1. The lowest BCUT2D eigenvalue weighted by atomic mass is 10.7. The number of alkyl halides is 3. The van der Waals surface area contributed by atoms with E-state index in [1.54, 1.807) is 0 Å². The van der Waals surface area contributed by atoms with Gasteiger partial charge in [-0.25, -0.2) is 4.79 Å². The van der Waals surface area contributed by atoms with Gasteiger partial charge >= 0.3 is 21.3 Å². The molecule has 0 spiro atoms. The molecular weight excluding hydrogens is 290 g/mol. The Hall–Kier alpha value is -0.120. The lowest BCUT2D eigenvalue weighted by molar-refractivity contribution is -0.160. The molecule has 0 saturated carbocycles. The van der Waals surface area contributed by atoms with Crippen LogP contribution in [0.2, 0.25) is 0 Å². The molecule has 0 bridgehead atoms. The van der Waals surface area contributed by atoms with E-state index >= 15 is 0 Å². The van der Waals surface area contributed by atoms with Crippen LogP contribution in [-0.2, 0) is 19.6 Å². The van der Waals surface area contributed by atoms with Gasteiger partial charge in [0.25, 0.3) is 0 Å². The summed E-state index contributed by atoms with van der Waals surface area (Å²) in [6.45, 7) is -0.383. The number of carbonyl (C=O) groups is 1. The minimum Gasteiger partial charge on any atom is -0.459 e. The Balaban J connectivity index is 4.08. The number of carbonyl (C=O) groups excluding carboxylic acids is 1. The summed E-state index contributed by atoms with van der Waals surface area (Å²) < 4.78 is 57.4. The van der Waals surface area contributed by atoms with Crippen LogP contribution in [0.4, 0.5) is 8.78 Å². The van der Waals surface area contributed by atoms with Crippen molar-refractivity contribution in [2.45, 2.75) is 5.25 Å². The third kappa shape index (κ3) is 4.81. The Kier molecular flexibility index (Phi) is 6.53. The van der Waals surface area contributed by atoms with E-state index in [-0.39, 0.29) is 12.4 Å². The van der Waals surface area contributed by atoms with E-state index < -0.39 is 21.3 Å². The molecule has 96 valence electrons. The lowest BCUT2D eigenvalue weighted by Gasteiger charge is -2.11. The fourth-order valence-electron chi connectivity index (χ4n) is 0.539. The summed E-state index contributed by atoms with van der Waals surface area (Å²) in [5.41, 5.74) is 0. The van der Waals surface area contributed by atoms with Gasteiger partial charge in [0.2, 0.25) is 0 Å². The number of thioether (sulfide) groups is 1. The summed E-state index contributed by atoms with van der Waals surface area (Å²) in [4.78, 5) is 10.6. The molecule has 0 atom stereocenters. The van der Waals surface area contributed by atoms with Gasteiger partial charge in [0.15, 0.2) is 0 Å². The van der Waals surface area contributed by atoms with Crippen LogP contribution in [-0.4, -0.2) is 48.2 Å². The molecule has 0 radical (unpaired) electrons. The van der Waals surface area contributed by atoms with E-state index in [0.717, 1.165) is 0 Å². The van der Waals surface area contributed by atoms with Crippen molar-refractivity contribution in [3.05, 3.63) is 0 Å².